The molecule has 0 unspecified atom stereocenters. The van der Waals surface area contributed by atoms with Gasteiger partial charge >= 0.3 is 6.03 Å². The highest BCUT2D eigenvalue weighted by Crippen LogP contribution is 2.28. The fraction of sp³-hybridized carbons (Fsp3) is 0.250. The van der Waals surface area contributed by atoms with Crippen LogP contribution in [-0.2, 0) is 6.54 Å². The van der Waals surface area contributed by atoms with Gasteiger partial charge in [-0.3, -0.25) is 4.90 Å². The maximum Gasteiger partial charge on any atom is 0.323 e. The summed E-state index contributed by atoms with van der Waals surface area (Å²) in [5.74, 6) is 1.22. The number of ether oxygens (including phenoxy) is 1. The molecule has 1 N–H and O–H groups in total. The lowest BCUT2D eigenvalue weighted by Crippen LogP contribution is -2.44. The van der Waals surface area contributed by atoms with Crippen molar-refractivity contribution in [2.45, 2.75) is 13.5 Å². The van der Waals surface area contributed by atoms with Crippen LogP contribution in [0.25, 0.3) is 0 Å². The first kappa shape index (κ1) is 13.4. The topological polar surface area (TPSA) is 54.5 Å². The van der Waals surface area contributed by atoms with E-state index in [9.17, 15) is 4.79 Å². The number of amides is 2. The highest BCUT2D eigenvalue weighted by Gasteiger charge is 2.24. The number of anilines is 1. The first-order valence-corrected chi connectivity index (χ1v) is 6.93. The number of aromatic nitrogens is 1. The van der Waals surface area contributed by atoms with E-state index in [0.717, 1.165) is 5.56 Å². The molecule has 0 atom stereocenters. The van der Waals surface area contributed by atoms with Crippen LogP contribution in [0.5, 0.6) is 5.75 Å². The van der Waals surface area contributed by atoms with Crippen molar-refractivity contribution < 1.29 is 9.53 Å². The first-order valence-electron chi connectivity index (χ1n) is 6.93. The van der Waals surface area contributed by atoms with E-state index in [1.165, 1.54) is 5.56 Å². The third-order valence-electron chi connectivity index (χ3n) is 3.39. The maximum absolute atomic E-state index is 12.3. The minimum atomic E-state index is -0.154. The Hall–Kier alpha value is -2.56. The summed E-state index contributed by atoms with van der Waals surface area (Å²) in [6, 6.07) is 11.6. The summed E-state index contributed by atoms with van der Waals surface area (Å²) in [4.78, 5) is 18.2. The number of carbonyl (C=O) groups excluding carboxylic acids is 1. The van der Waals surface area contributed by atoms with Crippen molar-refractivity contribution in [2.24, 2.45) is 0 Å². The minimum absolute atomic E-state index is 0.154. The number of urea groups is 1. The van der Waals surface area contributed by atoms with Gasteiger partial charge in [0.1, 0.15) is 6.61 Å². The van der Waals surface area contributed by atoms with Gasteiger partial charge < -0.3 is 10.1 Å². The molecule has 0 radical (unpaired) electrons. The van der Waals surface area contributed by atoms with Gasteiger partial charge in [0, 0.05) is 12.7 Å². The van der Waals surface area contributed by atoms with Crippen molar-refractivity contribution in [1.82, 2.24) is 10.3 Å². The summed E-state index contributed by atoms with van der Waals surface area (Å²) in [5, 5.41) is 2.92. The molecule has 3 rings (SSSR count). The lowest BCUT2D eigenvalue weighted by molar-refractivity contribution is 0.239. The molecular formula is C16H17N3O2. The lowest BCUT2D eigenvalue weighted by Gasteiger charge is -2.28. The molecule has 5 nitrogen and oxygen atoms in total. The third kappa shape index (κ3) is 2.97. The number of rotatable bonds is 2. The normalized spacial score (nSPS) is 13.3. The third-order valence-corrected chi connectivity index (χ3v) is 3.39. The van der Waals surface area contributed by atoms with Gasteiger partial charge in [0.15, 0.2) is 11.6 Å². The summed E-state index contributed by atoms with van der Waals surface area (Å²) >= 11 is 0. The number of fused-ring (bicyclic) bond motifs is 1. The van der Waals surface area contributed by atoms with Crippen LogP contribution < -0.4 is 15.0 Å². The van der Waals surface area contributed by atoms with Crippen LogP contribution >= 0.6 is 0 Å². The molecule has 1 aliphatic rings. The van der Waals surface area contributed by atoms with E-state index in [2.05, 4.69) is 10.3 Å². The van der Waals surface area contributed by atoms with Crippen molar-refractivity contribution in [3.63, 3.8) is 0 Å². The largest absolute Gasteiger partial charge is 0.488 e. The number of benzene rings is 1. The van der Waals surface area contributed by atoms with Crippen LogP contribution in [0.4, 0.5) is 10.6 Å². The van der Waals surface area contributed by atoms with Gasteiger partial charge in [0.2, 0.25) is 0 Å². The SMILES string of the molecule is Cc1ccc(CNC(=O)N2CCOc3cccnc32)cc1. The highest BCUT2D eigenvalue weighted by molar-refractivity contribution is 5.92. The van der Waals surface area contributed by atoms with Gasteiger partial charge in [-0.2, -0.15) is 0 Å². The molecule has 0 saturated heterocycles. The molecule has 0 fully saturated rings. The van der Waals surface area contributed by atoms with Crippen LogP contribution in [0.15, 0.2) is 42.6 Å². The zero-order chi connectivity index (χ0) is 14.7. The zero-order valence-electron chi connectivity index (χ0n) is 11.9. The van der Waals surface area contributed by atoms with Gasteiger partial charge in [-0.05, 0) is 24.6 Å². The fourth-order valence-corrected chi connectivity index (χ4v) is 2.23. The summed E-state index contributed by atoms with van der Waals surface area (Å²) in [7, 11) is 0. The molecule has 0 bridgehead atoms. The van der Waals surface area contributed by atoms with Crippen LogP contribution in [0, 0.1) is 6.92 Å². The molecule has 2 aromatic rings. The molecule has 5 heteroatoms. The van der Waals surface area contributed by atoms with Crippen molar-refractivity contribution >= 4 is 11.8 Å². The smallest absolute Gasteiger partial charge is 0.323 e. The van der Waals surface area contributed by atoms with Crippen molar-refractivity contribution in [2.75, 3.05) is 18.1 Å². The van der Waals surface area contributed by atoms with Crippen LogP contribution in [0.1, 0.15) is 11.1 Å². The monoisotopic (exact) mass is 283 g/mol. The molecule has 0 spiro atoms. The van der Waals surface area contributed by atoms with Gasteiger partial charge in [-0.25, -0.2) is 9.78 Å². The Kier molecular flexibility index (Phi) is 3.73. The number of hydrogen-bond acceptors (Lipinski definition) is 3. The van der Waals surface area contributed by atoms with Gasteiger partial charge in [0.25, 0.3) is 0 Å². The quantitative estimate of drug-likeness (QED) is 0.921. The molecular weight excluding hydrogens is 266 g/mol. The van der Waals surface area contributed by atoms with Crippen molar-refractivity contribution in [3.05, 3.63) is 53.7 Å². The standard InChI is InChI=1S/C16H17N3O2/c1-12-4-6-13(7-5-12)11-18-16(20)19-9-10-21-14-3-2-8-17-15(14)19/h2-8H,9-11H2,1H3,(H,18,20). The van der Waals surface area contributed by atoms with Crippen molar-refractivity contribution in [3.8, 4) is 5.75 Å². The Bertz CT molecular complexity index is 640. The van der Waals surface area contributed by atoms with E-state index in [0.29, 0.717) is 31.3 Å². The number of pyridine rings is 1. The average molecular weight is 283 g/mol. The minimum Gasteiger partial charge on any atom is -0.488 e. The second kappa shape index (κ2) is 5.83. The summed E-state index contributed by atoms with van der Waals surface area (Å²) in [5.41, 5.74) is 2.28. The molecule has 21 heavy (non-hydrogen) atoms. The Labute approximate surface area is 123 Å². The molecule has 0 aliphatic carbocycles. The number of aryl methyl sites for hydroxylation is 1. The molecule has 108 valence electrons. The van der Waals surface area contributed by atoms with Crippen LogP contribution in [0.2, 0.25) is 0 Å². The highest BCUT2D eigenvalue weighted by atomic mass is 16.5. The predicted molar refractivity (Wildman–Crippen MR) is 80.5 cm³/mol. The van der Waals surface area contributed by atoms with Gasteiger partial charge in [-0.15, -0.1) is 0 Å². The molecule has 2 amide bonds. The number of hydrogen-bond donors (Lipinski definition) is 1. The Morgan fingerprint density at radius 2 is 2.14 bits per heavy atom. The van der Waals surface area contributed by atoms with Crippen LogP contribution in [0.3, 0.4) is 0 Å². The molecule has 0 saturated carbocycles. The Morgan fingerprint density at radius 1 is 1.33 bits per heavy atom. The summed E-state index contributed by atoms with van der Waals surface area (Å²) in [6.07, 6.45) is 1.66. The number of carbonyl (C=O) groups is 1. The summed E-state index contributed by atoms with van der Waals surface area (Å²) < 4.78 is 5.50. The van der Waals surface area contributed by atoms with E-state index in [-0.39, 0.29) is 6.03 Å². The lowest BCUT2D eigenvalue weighted by atomic mass is 10.1. The maximum atomic E-state index is 12.3. The summed E-state index contributed by atoms with van der Waals surface area (Å²) in [6.45, 7) is 3.53. The predicted octanol–water partition coefficient (Wildman–Crippen LogP) is 2.50. The average Bonchev–Trinajstić information content (AvgIpc) is 2.53. The van der Waals surface area contributed by atoms with Crippen molar-refractivity contribution in [1.29, 1.82) is 0 Å². The molecule has 1 aromatic heterocycles. The molecule has 2 heterocycles. The number of nitrogens with one attached hydrogen (secondary N) is 1. The van der Waals surface area contributed by atoms with E-state index >= 15 is 0 Å². The molecule has 1 aliphatic heterocycles. The van der Waals surface area contributed by atoms with Crippen LogP contribution in [-0.4, -0.2) is 24.2 Å². The van der Waals surface area contributed by atoms with Gasteiger partial charge in [0.05, 0.1) is 6.54 Å². The van der Waals surface area contributed by atoms with E-state index < -0.39 is 0 Å². The van der Waals surface area contributed by atoms with E-state index in [4.69, 9.17) is 4.74 Å². The van der Waals surface area contributed by atoms with Gasteiger partial charge in [-0.1, -0.05) is 29.8 Å². The Morgan fingerprint density at radius 3 is 2.95 bits per heavy atom. The fourth-order valence-electron chi connectivity index (χ4n) is 2.23. The van der Waals surface area contributed by atoms with E-state index in [1.54, 1.807) is 17.2 Å². The Balaban J connectivity index is 1.68. The second-order valence-electron chi connectivity index (χ2n) is 4.97. The number of nitrogens with zero attached hydrogens (tertiary/aromatic N) is 2. The first-order chi connectivity index (χ1) is 10.2. The zero-order valence-corrected chi connectivity index (χ0v) is 11.9. The second-order valence-corrected chi connectivity index (χ2v) is 4.97. The molecule has 1 aromatic carbocycles. The van der Waals surface area contributed by atoms with E-state index in [1.807, 2.05) is 37.3 Å².